The van der Waals surface area contributed by atoms with Gasteiger partial charge >= 0.3 is 18.0 Å². The summed E-state index contributed by atoms with van der Waals surface area (Å²) in [7, 11) is 0. The Bertz CT molecular complexity index is 1470. The van der Waals surface area contributed by atoms with E-state index in [1.807, 2.05) is 80.6 Å². The van der Waals surface area contributed by atoms with Crippen LogP contribution in [-0.2, 0) is 27.4 Å². The summed E-state index contributed by atoms with van der Waals surface area (Å²) < 4.78 is 5.33. The molecule has 0 aromatic heterocycles. The SMILES string of the molecule is CC(C)CN(CCC(=O)OCc1ccccc1)C(=O)N[C@@H](Cc1ccc(-c2ccc3ccccc3c2)cc1)C(=O)O. The third-order valence-electron chi connectivity index (χ3n) is 6.77. The number of carbonyl (C=O) groups excluding carboxylic acids is 2. The van der Waals surface area contributed by atoms with Crippen molar-refractivity contribution in [3.63, 3.8) is 0 Å². The number of fused-ring (bicyclic) bond motifs is 1. The molecule has 2 N–H and O–H groups in total. The molecular weight excluding hydrogens is 516 g/mol. The zero-order chi connectivity index (χ0) is 29.2. The van der Waals surface area contributed by atoms with E-state index in [9.17, 15) is 19.5 Å². The van der Waals surface area contributed by atoms with Crippen molar-refractivity contribution in [2.45, 2.75) is 39.3 Å². The standard InChI is InChI=1S/C34H36N2O5/c1-24(2)22-36(19-18-32(37)41-23-26-8-4-3-5-9-26)34(40)35-31(33(38)39)20-25-12-14-28(15-13-25)30-17-16-27-10-6-7-11-29(27)21-30/h3-17,21,24,31H,18-20,22-23H2,1-2H3,(H,35,40)(H,38,39)/t31-/m0/s1. The molecule has 212 valence electrons. The van der Waals surface area contributed by atoms with Gasteiger partial charge in [-0.15, -0.1) is 0 Å². The number of esters is 1. The summed E-state index contributed by atoms with van der Waals surface area (Å²) in [5.74, 6) is -1.41. The van der Waals surface area contributed by atoms with Gasteiger partial charge < -0.3 is 20.1 Å². The molecule has 0 aliphatic rings. The summed E-state index contributed by atoms with van der Waals surface area (Å²) in [5, 5.41) is 14.8. The Morgan fingerprint density at radius 1 is 0.805 bits per heavy atom. The minimum Gasteiger partial charge on any atom is -0.480 e. The lowest BCUT2D eigenvalue weighted by atomic mass is 9.98. The summed E-state index contributed by atoms with van der Waals surface area (Å²) in [6.07, 6.45) is 0.147. The molecule has 4 aromatic rings. The van der Waals surface area contributed by atoms with Crippen molar-refractivity contribution in [1.29, 1.82) is 0 Å². The second-order valence-corrected chi connectivity index (χ2v) is 10.5. The Balaban J connectivity index is 1.35. The van der Waals surface area contributed by atoms with Crippen LogP contribution in [0.1, 0.15) is 31.4 Å². The molecule has 7 heteroatoms. The van der Waals surface area contributed by atoms with E-state index in [-0.39, 0.29) is 31.9 Å². The first-order valence-electron chi connectivity index (χ1n) is 13.8. The van der Waals surface area contributed by atoms with E-state index in [0.717, 1.165) is 27.6 Å². The molecule has 0 spiro atoms. The van der Waals surface area contributed by atoms with Crippen LogP contribution in [0.4, 0.5) is 4.79 Å². The Kier molecular flexibility index (Phi) is 10.1. The van der Waals surface area contributed by atoms with Crippen LogP contribution in [0.5, 0.6) is 0 Å². The minimum atomic E-state index is -1.12. The number of urea groups is 1. The molecule has 4 aromatic carbocycles. The van der Waals surface area contributed by atoms with Crippen LogP contribution in [0.2, 0.25) is 0 Å². The van der Waals surface area contributed by atoms with Crippen LogP contribution in [0.3, 0.4) is 0 Å². The monoisotopic (exact) mass is 552 g/mol. The molecule has 0 aliphatic carbocycles. The number of nitrogens with zero attached hydrogens (tertiary/aromatic N) is 1. The average molecular weight is 553 g/mol. The molecule has 0 saturated carbocycles. The number of carboxylic acid groups (broad SMARTS) is 1. The van der Waals surface area contributed by atoms with E-state index < -0.39 is 24.0 Å². The van der Waals surface area contributed by atoms with Gasteiger partial charge in [0.15, 0.2) is 0 Å². The summed E-state index contributed by atoms with van der Waals surface area (Å²) in [6.45, 7) is 4.59. The number of hydrogen-bond acceptors (Lipinski definition) is 4. The number of benzene rings is 4. The summed E-state index contributed by atoms with van der Waals surface area (Å²) in [5.41, 5.74) is 3.77. The normalized spacial score (nSPS) is 11.7. The van der Waals surface area contributed by atoms with E-state index in [2.05, 4.69) is 35.6 Å². The summed E-state index contributed by atoms with van der Waals surface area (Å²) >= 11 is 0. The van der Waals surface area contributed by atoms with Gasteiger partial charge in [0.05, 0.1) is 6.42 Å². The first-order valence-corrected chi connectivity index (χ1v) is 13.8. The fourth-order valence-corrected chi connectivity index (χ4v) is 4.63. The van der Waals surface area contributed by atoms with Crippen molar-refractivity contribution in [2.24, 2.45) is 5.92 Å². The summed E-state index contributed by atoms with van der Waals surface area (Å²) in [4.78, 5) is 39.0. The molecule has 4 rings (SSSR count). The van der Waals surface area contributed by atoms with Crippen LogP contribution in [0, 0.1) is 5.92 Å². The van der Waals surface area contributed by atoms with Crippen LogP contribution in [0.25, 0.3) is 21.9 Å². The fourth-order valence-electron chi connectivity index (χ4n) is 4.63. The van der Waals surface area contributed by atoms with Crippen molar-refractivity contribution >= 4 is 28.7 Å². The highest BCUT2D eigenvalue weighted by Crippen LogP contribution is 2.25. The van der Waals surface area contributed by atoms with Gasteiger partial charge in [0, 0.05) is 19.5 Å². The molecule has 1 atom stereocenters. The van der Waals surface area contributed by atoms with Crippen LogP contribution in [-0.4, -0.2) is 47.1 Å². The highest BCUT2D eigenvalue weighted by Gasteiger charge is 2.24. The lowest BCUT2D eigenvalue weighted by Crippen LogP contribution is -2.50. The maximum absolute atomic E-state index is 13.1. The number of carbonyl (C=O) groups is 3. The molecule has 0 radical (unpaired) electrons. The second-order valence-electron chi connectivity index (χ2n) is 10.5. The van der Waals surface area contributed by atoms with E-state index in [1.54, 1.807) is 0 Å². The first-order chi connectivity index (χ1) is 19.8. The quantitative estimate of drug-likeness (QED) is 0.201. The number of amides is 2. The first kappa shape index (κ1) is 29.3. The number of rotatable bonds is 12. The number of carboxylic acids is 1. The zero-order valence-corrected chi connectivity index (χ0v) is 23.5. The molecule has 2 amide bonds. The van der Waals surface area contributed by atoms with Crippen molar-refractivity contribution < 1.29 is 24.2 Å². The number of ether oxygens (including phenoxy) is 1. The molecule has 41 heavy (non-hydrogen) atoms. The third-order valence-corrected chi connectivity index (χ3v) is 6.77. The Hall–Kier alpha value is -4.65. The van der Waals surface area contributed by atoms with Gasteiger partial charge in [-0.25, -0.2) is 9.59 Å². The highest BCUT2D eigenvalue weighted by molar-refractivity contribution is 5.87. The van der Waals surface area contributed by atoms with Crippen molar-refractivity contribution in [3.05, 3.63) is 108 Å². The molecule has 0 unspecified atom stereocenters. The third kappa shape index (κ3) is 8.67. The topological polar surface area (TPSA) is 95.9 Å². The molecule has 0 heterocycles. The Morgan fingerprint density at radius 3 is 2.15 bits per heavy atom. The maximum atomic E-state index is 13.1. The zero-order valence-electron chi connectivity index (χ0n) is 23.5. The van der Waals surface area contributed by atoms with E-state index in [0.29, 0.717) is 6.54 Å². The van der Waals surface area contributed by atoms with Gasteiger partial charge in [0.2, 0.25) is 0 Å². The van der Waals surface area contributed by atoms with E-state index in [4.69, 9.17) is 4.74 Å². The molecule has 0 aliphatic heterocycles. The largest absolute Gasteiger partial charge is 0.480 e. The van der Waals surface area contributed by atoms with Gasteiger partial charge in [-0.3, -0.25) is 4.79 Å². The molecular formula is C34H36N2O5. The van der Waals surface area contributed by atoms with Crippen molar-refractivity contribution in [2.75, 3.05) is 13.1 Å². The van der Waals surface area contributed by atoms with E-state index in [1.165, 1.54) is 10.3 Å². The number of nitrogens with one attached hydrogen (secondary N) is 1. The number of aliphatic carboxylic acids is 1. The molecule has 0 fully saturated rings. The van der Waals surface area contributed by atoms with E-state index >= 15 is 0 Å². The van der Waals surface area contributed by atoms with Crippen LogP contribution in [0.15, 0.2) is 97.1 Å². The lowest BCUT2D eigenvalue weighted by molar-refractivity contribution is -0.145. The average Bonchev–Trinajstić information content (AvgIpc) is 2.98. The predicted molar refractivity (Wildman–Crippen MR) is 160 cm³/mol. The second kappa shape index (κ2) is 14.1. The summed E-state index contributed by atoms with van der Waals surface area (Å²) in [6, 6.07) is 29.9. The van der Waals surface area contributed by atoms with Gasteiger partial charge in [-0.2, -0.15) is 0 Å². The molecule has 7 nitrogen and oxygen atoms in total. The van der Waals surface area contributed by atoms with Crippen molar-refractivity contribution in [3.8, 4) is 11.1 Å². The molecule has 0 bridgehead atoms. The van der Waals surface area contributed by atoms with Crippen LogP contribution < -0.4 is 5.32 Å². The number of hydrogen-bond donors (Lipinski definition) is 2. The minimum absolute atomic E-state index is 0.0148. The van der Waals surface area contributed by atoms with Crippen molar-refractivity contribution in [1.82, 2.24) is 10.2 Å². The maximum Gasteiger partial charge on any atom is 0.326 e. The smallest absolute Gasteiger partial charge is 0.326 e. The van der Waals surface area contributed by atoms with Gasteiger partial charge in [-0.05, 0) is 45.0 Å². The highest BCUT2D eigenvalue weighted by atomic mass is 16.5. The van der Waals surface area contributed by atoms with Gasteiger partial charge in [-0.1, -0.05) is 105 Å². The van der Waals surface area contributed by atoms with Crippen LogP contribution >= 0.6 is 0 Å². The van der Waals surface area contributed by atoms with Gasteiger partial charge in [0.25, 0.3) is 0 Å². The Labute approximate surface area is 240 Å². The predicted octanol–water partition coefficient (Wildman–Crippen LogP) is 6.30. The lowest BCUT2D eigenvalue weighted by Gasteiger charge is -2.26. The fraction of sp³-hybridized carbons (Fsp3) is 0.265. The van der Waals surface area contributed by atoms with Gasteiger partial charge in [0.1, 0.15) is 12.6 Å². The Morgan fingerprint density at radius 2 is 1.46 bits per heavy atom. The molecule has 0 saturated heterocycles.